The van der Waals surface area contributed by atoms with Crippen molar-refractivity contribution in [2.45, 2.75) is 6.42 Å². The molecule has 0 saturated carbocycles. The molecule has 20 heavy (non-hydrogen) atoms. The Morgan fingerprint density at radius 1 is 1.25 bits per heavy atom. The monoisotopic (exact) mass is 345 g/mol. The summed E-state index contributed by atoms with van der Waals surface area (Å²) in [4.78, 5) is 21.5. The molecule has 0 aliphatic heterocycles. The van der Waals surface area contributed by atoms with E-state index in [4.69, 9.17) is 5.11 Å². The van der Waals surface area contributed by atoms with Crippen molar-refractivity contribution < 1.29 is 47.5 Å². The molecule has 0 saturated heterocycles. The average Bonchev–Trinajstić information content (AvgIpc) is 2.39. The van der Waals surface area contributed by atoms with E-state index in [1.165, 1.54) is 12.1 Å². The zero-order chi connectivity index (χ0) is 13.8. The van der Waals surface area contributed by atoms with Gasteiger partial charge in [-0.2, -0.15) is 18.2 Å². The summed E-state index contributed by atoms with van der Waals surface area (Å²) >= 11 is 0. The Labute approximate surface area is 140 Å². The van der Waals surface area contributed by atoms with Crippen LogP contribution >= 0.6 is 0 Å². The van der Waals surface area contributed by atoms with Gasteiger partial charge >= 0.3 is 5.97 Å². The quantitative estimate of drug-likeness (QED) is 0.525. The van der Waals surface area contributed by atoms with E-state index < -0.39 is 10.9 Å². The van der Waals surface area contributed by atoms with Crippen LogP contribution in [0.2, 0.25) is 0 Å². The molecule has 0 aliphatic rings. The van der Waals surface area contributed by atoms with Crippen molar-refractivity contribution in [2.24, 2.45) is 0 Å². The molecule has 0 unspecified atom stereocenters. The van der Waals surface area contributed by atoms with E-state index in [1.54, 1.807) is 30.3 Å². The summed E-state index contributed by atoms with van der Waals surface area (Å²) in [5.74, 6) is -1.04. The van der Waals surface area contributed by atoms with Crippen LogP contribution < -0.4 is 0 Å². The van der Waals surface area contributed by atoms with Crippen molar-refractivity contribution in [3.63, 3.8) is 0 Å². The van der Waals surface area contributed by atoms with Gasteiger partial charge in [-0.15, -0.1) is 6.07 Å². The van der Waals surface area contributed by atoms with Gasteiger partial charge in [-0.05, 0) is 18.1 Å². The summed E-state index contributed by atoms with van der Waals surface area (Å²) in [7, 11) is 0. The molecule has 0 spiro atoms. The van der Waals surface area contributed by atoms with Crippen molar-refractivity contribution in [3.05, 3.63) is 75.3 Å². The van der Waals surface area contributed by atoms with Crippen LogP contribution in [0.5, 0.6) is 0 Å². The van der Waals surface area contributed by atoms with Crippen LogP contribution in [0.1, 0.15) is 21.5 Å². The summed E-state index contributed by atoms with van der Waals surface area (Å²) in [6.45, 7) is 0. The molecule has 0 heterocycles. The molecular formula is C14H10NO4Y-. The van der Waals surface area contributed by atoms with E-state index in [1.807, 2.05) is 0 Å². The maximum atomic E-state index is 11.1. The molecule has 0 amide bonds. The Hall–Kier alpha value is -1.59. The fourth-order valence-electron chi connectivity index (χ4n) is 1.86. The summed E-state index contributed by atoms with van der Waals surface area (Å²) < 4.78 is 0. The molecule has 0 atom stereocenters. The van der Waals surface area contributed by atoms with Gasteiger partial charge in [0.05, 0.1) is 5.56 Å². The predicted molar refractivity (Wildman–Crippen MR) is 68.1 cm³/mol. The minimum absolute atomic E-state index is 0. The second kappa shape index (κ2) is 7.26. The smallest absolute Gasteiger partial charge is 0.335 e. The van der Waals surface area contributed by atoms with Crippen molar-refractivity contribution in [1.29, 1.82) is 0 Å². The number of aromatic carboxylic acids is 1. The van der Waals surface area contributed by atoms with Gasteiger partial charge in [-0.25, -0.2) is 4.79 Å². The number of hydrogen-bond donors (Lipinski definition) is 1. The number of nitro groups is 1. The second-order valence-corrected chi connectivity index (χ2v) is 3.95. The molecule has 5 nitrogen and oxygen atoms in total. The summed E-state index contributed by atoms with van der Waals surface area (Å²) in [6, 6.07) is 13.6. The number of benzene rings is 2. The number of carbonyl (C=O) groups is 1. The third-order valence-electron chi connectivity index (χ3n) is 2.76. The number of carboxylic acids is 1. The first-order valence-corrected chi connectivity index (χ1v) is 5.54. The van der Waals surface area contributed by atoms with Crippen molar-refractivity contribution in [1.82, 2.24) is 0 Å². The maximum Gasteiger partial charge on any atom is 0.335 e. The van der Waals surface area contributed by atoms with Gasteiger partial charge in [-0.1, -0.05) is 23.8 Å². The standard InChI is InChI=1S/C14H10NO4.Y/c16-14(17)12-7-3-1-5-10(12)9-11-6-2-4-8-13(11)15(18)19;/h1-3,5-8H,9H2,(H,16,17);/q-1;. The zero-order valence-corrected chi connectivity index (χ0v) is 13.3. The van der Waals surface area contributed by atoms with Crippen LogP contribution in [0, 0.1) is 16.2 Å². The fourth-order valence-corrected chi connectivity index (χ4v) is 1.86. The largest absolute Gasteiger partial charge is 0.478 e. The van der Waals surface area contributed by atoms with Gasteiger partial charge in [0.15, 0.2) is 5.69 Å². The van der Waals surface area contributed by atoms with E-state index in [0.29, 0.717) is 11.1 Å². The van der Waals surface area contributed by atoms with Crippen molar-refractivity contribution >= 4 is 11.7 Å². The Bertz CT molecular complexity index is 587. The van der Waals surface area contributed by atoms with E-state index >= 15 is 0 Å². The van der Waals surface area contributed by atoms with Gasteiger partial charge in [0.25, 0.3) is 0 Å². The fraction of sp³-hybridized carbons (Fsp3) is 0.0714. The van der Waals surface area contributed by atoms with Gasteiger partial charge in [0.1, 0.15) is 0 Å². The first-order chi connectivity index (χ1) is 9.09. The molecule has 2 aromatic rings. The summed E-state index contributed by atoms with van der Waals surface area (Å²) in [5, 5.41) is 20.0. The van der Waals surface area contributed by atoms with E-state index in [2.05, 4.69) is 6.07 Å². The minimum Gasteiger partial charge on any atom is -0.478 e. The molecule has 0 aromatic heterocycles. The van der Waals surface area contributed by atoms with E-state index in [-0.39, 0.29) is 50.4 Å². The number of nitro benzene ring substituents is 1. The van der Waals surface area contributed by atoms with Crippen LogP contribution in [0.15, 0.2) is 42.5 Å². The zero-order valence-electron chi connectivity index (χ0n) is 10.4. The van der Waals surface area contributed by atoms with Crippen LogP contribution in [-0.4, -0.2) is 16.0 Å². The molecule has 0 bridgehead atoms. The molecule has 2 rings (SSSR count). The Kier molecular flexibility index (Phi) is 5.98. The molecule has 0 aliphatic carbocycles. The van der Waals surface area contributed by atoms with Gasteiger partial charge in [-0.3, -0.25) is 10.1 Å². The number of carboxylic acid groups (broad SMARTS) is 1. The molecule has 99 valence electrons. The first kappa shape index (κ1) is 16.5. The van der Waals surface area contributed by atoms with E-state index in [0.717, 1.165) is 0 Å². The average molecular weight is 345 g/mol. The number of nitrogens with zero attached hydrogens (tertiary/aromatic N) is 1. The minimum atomic E-state index is -1.04. The van der Waals surface area contributed by atoms with Crippen LogP contribution in [0.3, 0.4) is 0 Å². The molecule has 1 radical (unpaired) electrons. The van der Waals surface area contributed by atoms with Crippen LogP contribution in [0.4, 0.5) is 5.69 Å². The SMILES string of the molecule is O=C(O)c1ccccc1Cc1cc[c-]cc1[N+](=O)[O-].[Y]. The predicted octanol–water partition coefficient (Wildman–Crippen LogP) is 2.68. The number of rotatable bonds is 4. The van der Waals surface area contributed by atoms with Crippen molar-refractivity contribution in [3.8, 4) is 0 Å². The first-order valence-electron chi connectivity index (χ1n) is 5.54. The molecule has 6 heteroatoms. The van der Waals surface area contributed by atoms with Gasteiger partial charge < -0.3 is 5.11 Å². The van der Waals surface area contributed by atoms with Gasteiger partial charge in [0.2, 0.25) is 0 Å². The third-order valence-corrected chi connectivity index (χ3v) is 2.76. The summed E-state index contributed by atoms with van der Waals surface area (Å²) in [6.07, 6.45) is 0.202. The van der Waals surface area contributed by atoms with Gasteiger partial charge in [0, 0.05) is 37.6 Å². The second-order valence-electron chi connectivity index (χ2n) is 3.95. The molecule has 0 fully saturated rings. The van der Waals surface area contributed by atoms with E-state index in [9.17, 15) is 14.9 Å². The number of hydrogen-bond acceptors (Lipinski definition) is 3. The Balaban J connectivity index is 0.00000200. The molecular weight excluding hydrogens is 335 g/mol. The normalized spacial score (nSPS) is 9.60. The topological polar surface area (TPSA) is 80.4 Å². The van der Waals surface area contributed by atoms with Crippen LogP contribution in [0.25, 0.3) is 0 Å². The Morgan fingerprint density at radius 3 is 2.60 bits per heavy atom. The Morgan fingerprint density at radius 2 is 1.95 bits per heavy atom. The van der Waals surface area contributed by atoms with Crippen molar-refractivity contribution in [2.75, 3.05) is 0 Å². The van der Waals surface area contributed by atoms with Crippen LogP contribution in [-0.2, 0) is 39.1 Å². The molecule has 2 aromatic carbocycles. The summed E-state index contributed by atoms with van der Waals surface area (Å²) in [5.41, 5.74) is 1.12. The maximum absolute atomic E-state index is 11.1. The molecule has 1 N–H and O–H groups in total. The third kappa shape index (κ3) is 3.71.